The molecule has 2 aromatic carbocycles. The average molecular weight is 216 g/mol. The van der Waals surface area contributed by atoms with Crippen molar-refractivity contribution >= 4 is 10.8 Å². The van der Waals surface area contributed by atoms with E-state index >= 15 is 0 Å². The van der Waals surface area contributed by atoms with E-state index in [9.17, 15) is 4.39 Å². The summed E-state index contributed by atoms with van der Waals surface area (Å²) < 4.78 is 13.3. The predicted molar refractivity (Wildman–Crippen MR) is 67.3 cm³/mol. The van der Waals surface area contributed by atoms with Gasteiger partial charge < -0.3 is 0 Å². The minimum absolute atomic E-state index is 0.0391. The van der Waals surface area contributed by atoms with Gasteiger partial charge in [0.15, 0.2) is 0 Å². The zero-order valence-corrected chi connectivity index (χ0v) is 10.3. The molecule has 0 amide bonds. The molecule has 0 aliphatic carbocycles. The first kappa shape index (κ1) is 11.1. The Hall–Kier alpha value is -1.37. The van der Waals surface area contributed by atoms with Gasteiger partial charge in [0.2, 0.25) is 0 Å². The number of hydrogen-bond acceptors (Lipinski definition) is 0. The number of hydrogen-bond donors (Lipinski definition) is 0. The van der Waals surface area contributed by atoms with E-state index < -0.39 is 0 Å². The van der Waals surface area contributed by atoms with Crippen LogP contribution in [0.3, 0.4) is 0 Å². The summed E-state index contributed by atoms with van der Waals surface area (Å²) in [5.74, 6) is -0.163. The fourth-order valence-electron chi connectivity index (χ4n) is 2.40. The van der Waals surface area contributed by atoms with E-state index in [4.69, 9.17) is 0 Å². The molecule has 16 heavy (non-hydrogen) atoms. The smallest absolute Gasteiger partial charge is 0.123 e. The zero-order valence-electron chi connectivity index (χ0n) is 10.3. The van der Waals surface area contributed by atoms with Crippen LogP contribution in [0.25, 0.3) is 10.8 Å². The molecule has 1 heteroatoms. The summed E-state index contributed by atoms with van der Waals surface area (Å²) in [4.78, 5) is 0. The molecule has 0 saturated carbocycles. The summed E-state index contributed by atoms with van der Waals surface area (Å²) in [6, 6.07) is 9.17. The van der Waals surface area contributed by atoms with Crippen molar-refractivity contribution < 1.29 is 4.39 Å². The summed E-state index contributed by atoms with van der Waals surface area (Å²) in [6.07, 6.45) is 0. The number of rotatable bonds is 0. The number of fused-ring (bicyclic) bond motifs is 1. The van der Waals surface area contributed by atoms with Gasteiger partial charge in [0.25, 0.3) is 0 Å². The second-order valence-corrected chi connectivity index (χ2v) is 5.37. The van der Waals surface area contributed by atoms with Gasteiger partial charge in [0, 0.05) is 0 Å². The number of halogens is 1. The van der Waals surface area contributed by atoms with E-state index in [1.807, 2.05) is 6.07 Å². The van der Waals surface area contributed by atoms with E-state index in [0.717, 1.165) is 10.8 Å². The van der Waals surface area contributed by atoms with Gasteiger partial charge in [0.1, 0.15) is 5.82 Å². The molecule has 0 N–H and O–H groups in total. The van der Waals surface area contributed by atoms with Crippen molar-refractivity contribution in [2.45, 2.75) is 33.1 Å². The van der Waals surface area contributed by atoms with E-state index in [1.54, 1.807) is 6.07 Å². The molecule has 2 rings (SSSR count). The van der Waals surface area contributed by atoms with Crippen LogP contribution in [0.1, 0.15) is 31.9 Å². The Morgan fingerprint density at radius 1 is 1.00 bits per heavy atom. The monoisotopic (exact) mass is 216 g/mol. The molecule has 0 unspecified atom stereocenters. The van der Waals surface area contributed by atoms with Crippen LogP contribution in [0, 0.1) is 12.7 Å². The lowest BCUT2D eigenvalue weighted by Crippen LogP contribution is -2.13. The van der Waals surface area contributed by atoms with Crippen molar-refractivity contribution in [2.75, 3.05) is 0 Å². The molecule has 0 saturated heterocycles. The minimum atomic E-state index is -0.163. The summed E-state index contributed by atoms with van der Waals surface area (Å²) >= 11 is 0. The Bertz CT molecular complexity index is 528. The van der Waals surface area contributed by atoms with Crippen LogP contribution in [0.4, 0.5) is 4.39 Å². The van der Waals surface area contributed by atoms with E-state index in [2.05, 4.69) is 39.8 Å². The molecule has 0 aromatic heterocycles. The highest BCUT2D eigenvalue weighted by Crippen LogP contribution is 2.33. The van der Waals surface area contributed by atoms with Gasteiger partial charge in [-0.3, -0.25) is 0 Å². The average Bonchev–Trinajstić information content (AvgIpc) is 2.14. The van der Waals surface area contributed by atoms with Crippen LogP contribution < -0.4 is 0 Å². The molecule has 0 aliphatic rings. The van der Waals surface area contributed by atoms with Crippen molar-refractivity contribution in [3.63, 3.8) is 0 Å². The third-order valence-electron chi connectivity index (χ3n) is 2.94. The van der Waals surface area contributed by atoms with E-state index in [-0.39, 0.29) is 11.2 Å². The van der Waals surface area contributed by atoms with Crippen LogP contribution in [0.2, 0.25) is 0 Å². The zero-order chi connectivity index (χ0) is 11.9. The Morgan fingerprint density at radius 3 is 2.25 bits per heavy atom. The van der Waals surface area contributed by atoms with Crippen LogP contribution in [0.5, 0.6) is 0 Å². The maximum absolute atomic E-state index is 13.3. The van der Waals surface area contributed by atoms with Gasteiger partial charge in [-0.15, -0.1) is 0 Å². The number of aryl methyl sites for hydroxylation is 1. The molecule has 0 aliphatic heterocycles. The van der Waals surface area contributed by atoms with E-state index in [0.29, 0.717) is 0 Å². The van der Waals surface area contributed by atoms with Crippen molar-refractivity contribution in [2.24, 2.45) is 0 Å². The molecule has 0 radical (unpaired) electrons. The van der Waals surface area contributed by atoms with Crippen LogP contribution >= 0.6 is 0 Å². The van der Waals surface area contributed by atoms with Gasteiger partial charge in [-0.25, -0.2) is 4.39 Å². The predicted octanol–water partition coefficient (Wildman–Crippen LogP) is 4.58. The molecule has 0 fully saturated rings. The molecular weight excluding hydrogens is 199 g/mol. The van der Waals surface area contributed by atoms with Crippen molar-refractivity contribution in [3.8, 4) is 0 Å². The topological polar surface area (TPSA) is 0 Å². The van der Waals surface area contributed by atoms with Gasteiger partial charge in [-0.2, -0.15) is 0 Å². The molecular formula is C15H17F. The lowest BCUT2D eigenvalue weighted by atomic mass is 9.81. The molecule has 2 aromatic rings. The Kier molecular flexibility index (Phi) is 2.49. The summed E-state index contributed by atoms with van der Waals surface area (Å²) in [5, 5.41) is 2.14. The van der Waals surface area contributed by atoms with Crippen molar-refractivity contribution in [3.05, 3.63) is 47.3 Å². The Labute approximate surface area is 96.1 Å². The second kappa shape index (κ2) is 3.58. The van der Waals surface area contributed by atoms with Crippen molar-refractivity contribution in [1.82, 2.24) is 0 Å². The molecule has 0 atom stereocenters. The third-order valence-corrected chi connectivity index (χ3v) is 2.94. The van der Waals surface area contributed by atoms with Gasteiger partial charge >= 0.3 is 0 Å². The van der Waals surface area contributed by atoms with Crippen LogP contribution in [-0.4, -0.2) is 0 Å². The highest BCUT2D eigenvalue weighted by atomic mass is 19.1. The first-order valence-corrected chi connectivity index (χ1v) is 5.59. The van der Waals surface area contributed by atoms with Crippen LogP contribution in [-0.2, 0) is 5.41 Å². The quantitative estimate of drug-likeness (QED) is 0.604. The number of benzene rings is 2. The lowest BCUT2D eigenvalue weighted by Gasteiger charge is -2.24. The second-order valence-electron chi connectivity index (χ2n) is 5.37. The Balaban J connectivity index is 2.88. The van der Waals surface area contributed by atoms with Gasteiger partial charge in [-0.1, -0.05) is 39.0 Å². The van der Waals surface area contributed by atoms with Gasteiger partial charge in [-0.05, 0) is 46.4 Å². The minimum Gasteiger partial charge on any atom is -0.207 e. The maximum atomic E-state index is 13.3. The highest BCUT2D eigenvalue weighted by Gasteiger charge is 2.19. The summed E-state index contributed by atoms with van der Waals surface area (Å²) in [7, 11) is 0. The summed E-state index contributed by atoms with van der Waals surface area (Å²) in [5.41, 5.74) is 2.51. The fraction of sp³-hybridized carbons (Fsp3) is 0.333. The molecule has 84 valence electrons. The standard InChI is InChI=1S/C15H17F/c1-10-5-6-11-7-8-12(16)9-13(11)14(10)15(2,3)4/h5-9H,1-4H3. The molecule has 0 nitrogen and oxygen atoms in total. The first-order valence-electron chi connectivity index (χ1n) is 5.59. The molecule has 0 bridgehead atoms. The largest absolute Gasteiger partial charge is 0.207 e. The first-order chi connectivity index (χ1) is 7.39. The normalized spacial score (nSPS) is 12.1. The molecule has 0 spiro atoms. The highest BCUT2D eigenvalue weighted by molar-refractivity contribution is 5.87. The van der Waals surface area contributed by atoms with Crippen LogP contribution in [0.15, 0.2) is 30.3 Å². The lowest BCUT2D eigenvalue weighted by molar-refractivity contribution is 0.590. The summed E-state index contributed by atoms with van der Waals surface area (Å²) in [6.45, 7) is 8.59. The molecule has 0 heterocycles. The van der Waals surface area contributed by atoms with E-state index in [1.165, 1.54) is 17.2 Å². The van der Waals surface area contributed by atoms with Gasteiger partial charge in [0.05, 0.1) is 0 Å². The third kappa shape index (κ3) is 1.82. The fourth-order valence-corrected chi connectivity index (χ4v) is 2.40. The SMILES string of the molecule is Cc1ccc2ccc(F)cc2c1C(C)(C)C. The van der Waals surface area contributed by atoms with Crippen molar-refractivity contribution in [1.29, 1.82) is 0 Å². The Morgan fingerprint density at radius 2 is 1.62 bits per heavy atom. The maximum Gasteiger partial charge on any atom is 0.123 e.